The third-order valence-corrected chi connectivity index (χ3v) is 7.98. The van der Waals surface area contributed by atoms with Crippen molar-refractivity contribution in [3.05, 3.63) is 77.7 Å². The molecule has 42 heavy (non-hydrogen) atoms. The third-order valence-electron chi connectivity index (χ3n) is 7.98. The standard InChI is InChI=1S/C30H38N8O4/c1-3-23(4-2)38-30(39)36(22-33-38)26-7-5-24(6-8-26)34-15-17-35(18-16-34)25-9-11-27(12-10-25)40-20-28-21-41-29(42-28)19-37-31-13-14-32-37/h5-14,22-23,28-29H,3-4,15-21H2,1-2H3/t28-,29+/m0/s1. The van der Waals surface area contributed by atoms with Gasteiger partial charge in [-0.25, -0.2) is 14.0 Å². The lowest BCUT2D eigenvalue weighted by Gasteiger charge is -2.37. The minimum Gasteiger partial charge on any atom is -0.491 e. The summed E-state index contributed by atoms with van der Waals surface area (Å²) in [7, 11) is 0. The first-order valence-corrected chi connectivity index (χ1v) is 14.7. The Morgan fingerprint density at radius 3 is 2.07 bits per heavy atom. The highest BCUT2D eigenvalue weighted by molar-refractivity contribution is 5.54. The Hall–Kier alpha value is -4.16. The molecule has 2 aliphatic heterocycles. The van der Waals surface area contributed by atoms with Gasteiger partial charge in [0.25, 0.3) is 0 Å². The molecule has 0 unspecified atom stereocenters. The maximum atomic E-state index is 12.9. The SMILES string of the molecule is CCC(CC)n1ncn(-c2ccc(N3CCN(c4ccc(OC[C@H]5CO[C@@H](Cn6nccn6)O5)cc4)CC3)cc2)c1=O. The second-order valence-electron chi connectivity index (χ2n) is 10.6. The molecule has 2 saturated heterocycles. The summed E-state index contributed by atoms with van der Waals surface area (Å²) in [5.74, 6) is 0.808. The van der Waals surface area contributed by atoms with E-state index in [-0.39, 0.29) is 24.1 Å². The van der Waals surface area contributed by atoms with Crippen LogP contribution in [-0.2, 0) is 16.0 Å². The van der Waals surface area contributed by atoms with Crippen LogP contribution in [-0.4, -0.2) is 81.1 Å². The van der Waals surface area contributed by atoms with E-state index in [1.165, 1.54) is 5.69 Å². The van der Waals surface area contributed by atoms with Gasteiger partial charge in [-0.3, -0.25) is 0 Å². The van der Waals surface area contributed by atoms with Gasteiger partial charge in [0.05, 0.1) is 30.7 Å². The fourth-order valence-corrected chi connectivity index (χ4v) is 5.53. The van der Waals surface area contributed by atoms with Gasteiger partial charge in [-0.05, 0) is 61.4 Å². The van der Waals surface area contributed by atoms with E-state index in [9.17, 15) is 4.79 Å². The minimum atomic E-state index is -0.362. The van der Waals surface area contributed by atoms with Crippen molar-refractivity contribution < 1.29 is 14.2 Å². The van der Waals surface area contributed by atoms with Gasteiger partial charge in [-0.2, -0.15) is 20.1 Å². The molecule has 4 aromatic rings. The number of piperazine rings is 1. The number of anilines is 2. The zero-order valence-corrected chi connectivity index (χ0v) is 24.2. The molecule has 0 saturated carbocycles. The predicted octanol–water partition coefficient (Wildman–Crippen LogP) is 3.13. The summed E-state index contributed by atoms with van der Waals surface area (Å²) in [4.78, 5) is 19.2. The van der Waals surface area contributed by atoms with E-state index in [2.05, 4.69) is 63.2 Å². The van der Waals surface area contributed by atoms with Crippen LogP contribution >= 0.6 is 0 Å². The second-order valence-corrected chi connectivity index (χ2v) is 10.6. The first kappa shape index (κ1) is 28.0. The molecule has 0 amide bonds. The summed E-state index contributed by atoms with van der Waals surface area (Å²) in [5, 5.41) is 12.5. The molecule has 2 atom stereocenters. The van der Waals surface area contributed by atoms with E-state index in [1.807, 2.05) is 24.3 Å². The first-order chi connectivity index (χ1) is 20.6. The molecule has 6 rings (SSSR count). The fourth-order valence-electron chi connectivity index (χ4n) is 5.53. The molecule has 0 spiro atoms. The van der Waals surface area contributed by atoms with Gasteiger partial charge in [0.2, 0.25) is 0 Å². The average Bonchev–Trinajstić information content (AvgIpc) is 3.80. The van der Waals surface area contributed by atoms with Crippen molar-refractivity contribution in [2.75, 3.05) is 49.2 Å². The molecular weight excluding hydrogens is 536 g/mol. The molecule has 2 aromatic carbocycles. The van der Waals surface area contributed by atoms with Crippen molar-refractivity contribution in [1.29, 1.82) is 0 Å². The van der Waals surface area contributed by atoms with Crippen molar-refractivity contribution in [3.63, 3.8) is 0 Å². The van der Waals surface area contributed by atoms with Crippen LogP contribution in [0.1, 0.15) is 32.7 Å². The molecule has 2 fully saturated rings. The van der Waals surface area contributed by atoms with Gasteiger partial charge in [0.15, 0.2) is 6.29 Å². The highest BCUT2D eigenvalue weighted by atomic mass is 16.7. The van der Waals surface area contributed by atoms with Gasteiger partial charge >= 0.3 is 5.69 Å². The Bertz CT molecular complexity index is 1460. The predicted molar refractivity (Wildman–Crippen MR) is 158 cm³/mol. The molecule has 0 aliphatic carbocycles. The van der Waals surface area contributed by atoms with Crippen molar-refractivity contribution in [2.24, 2.45) is 0 Å². The first-order valence-electron chi connectivity index (χ1n) is 14.7. The molecule has 2 aliphatic rings. The van der Waals surface area contributed by atoms with E-state index in [0.29, 0.717) is 19.8 Å². The van der Waals surface area contributed by atoms with E-state index in [0.717, 1.165) is 56.1 Å². The van der Waals surface area contributed by atoms with E-state index < -0.39 is 0 Å². The van der Waals surface area contributed by atoms with Crippen LogP contribution in [0.4, 0.5) is 11.4 Å². The highest BCUT2D eigenvalue weighted by Crippen LogP contribution is 2.24. The number of nitrogens with zero attached hydrogens (tertiary/aromatic N) is 8. The summed E-state index contributed by atoms with van der Waals surface area (Å²) >= 11 is 0. The smallest absolute Gasteiger partial charge is 0.350 e. The minimum absolute atomic E-state index is 0.0878. The topological polar surface area (TPSA) is 105 Å². The maximum absolute atomic E-state index is 12.9. The summed E-state index contributed by atoms with van der Waals surface area (Å²) in [5.41, 5.74) is 3.08. The summed E-state index contributed by atoms with van der Waals surface area (Å²) in [6, 6.07) is 16.5. The lowest BCUT2D eigenvalue weighted by Crippen LogP contribution is -2.46. The highest BCUT2D eigenvalue weighted by Gasteiger charge is 2.27. The van der Waals surface area contributed by atoms with Crippen LogP contribution in [0.5, 0.6) is 5.75 Å². The monoisotopic (exact) mass is 574 g/mol. The molecule has 12 heteroatoms. The van der Waals surface area contributed by atoms with E-state index >= 15 is 0 Å². The lowest BCUT2D eigenvalue weighted by atomic mass is 10.2. The summed E-state index contributed by atoms with van der Waals surface area (Å²) < 4.78 is 20.8. The molecular formula is C30H38N8O4. The number of benzene rings is 2. The number of hydrogen-bond acceptors (Lipinski definition) is 9. The molecule has 0 N–H and O–H groups in total. The molecule has 0 radical (unpaired) electrons. The van der Waals surface area contributed by atoms with Gasteiger partial charge in [0, 0.05) is 37.6 Å². The Labute approximate surface area is 245 Å². The summed E-state index contributed by atoms with van der Waals surface area (Å²) in [6.07, 6.45) is 6.18. The normalized spacial score (nSPS) is 19.1. The zero-order chi connectivity index (χ0) is 28.9. The van der Waals surface area contributed by atoms with Gasteiger partial charge < -0.3 is 24.0 Å². The van der Waals surface area contributed by atoms with E-state index in [1.54, 1.807) is 32.8 Å². The average molecular weight is 575 g/mol. The molecule has 2 aromatic heterocycles. The van der Waals surface area contributed by atoms with Crippen LogP contribution in [0, 0.1) is 0 Å². The quantitative estimate of drug-likeness (QED) is 0.267. The molecule has 4 heterocycles. The van der Waals surface area contributed by atoms with Crippen LogP contribution in [0.25, 0.3) is 5.69 Å². The van der Waals surface area contributed by atoms with E-state index in [4.69, 9.17) is 14.2 Å². The maximum Gasteiger partial charge on any atom is 0.350 e. The number of rotatable bonds is 11. The third kappa shape index (κ3) is 6.19. The Kier molecular flexibility index (Phi) is 8.52. The van der Waals surface area contributed by atoms with Gasteiger partial charge in [0.1, 0.15) is 31.3 Å². The number of ether oxygens (including phenoxy) is 3. The number of aromatic nitrogens is 6. The Morgan fingerprint density at radius 1 is 0.857 bits per heavy atom. The van der Waals surface area contributed by atoms with Crippen LogP contribution in [0.15, 0.2) is 72.0 Å². The summed E-state index contributed by atoms with van der Waals surface area (Å²) in [6.45, 7) is 9.21. The van der Waals surface area contributed by atoms with Crippen LogP contribution < -0.4 is 20.2 Å². The van der Waals surface area contributed by atoms with Crippen molar-refractivity contribution in [3.8, 4) is 11.4 Å². The molecule has 222 valence electrons. The Balaban J connectivity index is 0.972. The van der Waals surface area contributed by atoms with Crippen LogP contribution in [0.3, 0.4) is 0 Å². The molecule has 12 nitrogen and oxygen atoms in total. The number of hydrogen-bond donors (Lipinski definition) is 0. The van der Waals surface area contributed by atoms with Gasteiger partial charge in [-0.15, -0.1) is 0 Å². The van der Waals surface area contributed by atoms with Gasteiger partial charge in [-0.1, -0.05) is 13.8 Å². The van der Waals surface area contributed by atoms with Crippen molar-refractivity contribution in [1.82, 2.24) is 29.3 Å². The Morgan fingerprint density at radius 2 is 1.45 bits per heavy atom. The lowest BCUT2D eigenvalue weighted by molar-refractivity contribution is -0.0765. The van der Waals surface area contributed by atoms with Crippen molar-refractivity contribution in [2.45, 2.75) is 51.7 Å². The van der Waals surface area contributed by atoms with Crippen molar-refractivity contribution >= 4 is 11.4 Å². The molecule has 0 bridgehead atoms. The fraction of sp³-hybridized carbons (Fsp3) is 0.467. The second kappa shape index (κ2) is 12.8. The zero-order valence-electron chi connectivity index (χ0n) is 24.2. The largest absolute Gasteiger partial charge is 0.491 e. The van der Waals surface area contributed by atoms with Crippen LogP contribution in [0.2, 0.25) is 0 Å².